The van der Waals surface area contributed by atoms with Crippen LogP contribution in [0.1, 0.15) is 23.4 Å². The fourth-order valence-electron chi connectivity index (χ4n) is 3.05. The topological polar surface area (TPSA) is 93.0 Å². The van der Waals surface area contributed by atoms with E-state index in [1.54, 1.807) is 49.5 Å². The van der Waals surface area contributed by atoms with Crippen molar-refractivity contribution in [2.24, 2.45) is 0 Å². The number of anilines is 1. The van der Waals surface area contributed by atoms with Gasteiger partial charge < -0.3 is 29.4 Å². The average molecular weight is 373 g/mol. The Kier molecular flexibility index (Phi) is 5.85. The van der Waals surface area contributed by atoms with Gasteiger partial charge in [0.2, 0.25) is 0 Å². The molecule has 3 rings (SSSR count). The van der Waals surface area contributed by atoms with E-state index in [0.29, 0.717) is 48.9 Å². The van der Waals surface area contributed by atoms with Crippen LogP contribution in [0.5, 0.6) is 11.5 Å². The Bertz CT molecular complexity index is 783. The van der Waals surface area contributed by atoms with Gasteiger partial charge >= 0.3 is 6.03 Å². The lowest BCUT2D eigenvalue weighted by Crippen LogP contribution is -2.47. The summed E-state index contributed by atoms with van der Waals surface area (Å²) in [5, 5.41) is 5.73. The number of urea groups is 1. The SMILES string of the molecule is COc1ccc(NC(=O)NC2CCN(C(=O)c3ccco3)CC2)cc1OC. The second-order valence-corrected chi connectivity index (χ2v) is 6.21. The highest BCUT2D eigenvalue weighted by molar-refractivity contribution is 5.91. The molecule has 1 aromatic carbocycles. The lowest BCUT2D eigenvalue weighted by molar-refractivity contribution is 0.0676. The predicted molar refractivity (Wildman–Crippen MR) is 99.3 cm³/mol. The summed E-state index contributed by atoms with van der Waals surface area (Å²) in [5.74, 6) is 1.36. The van der Waals surface area contributed by atoms with Crippen molar-refractivity contribution in [3.8, 4) is 11.5 Å². The molecule has 1 aliphatic heterocycles. The Hall–Kier alpha value is -3.16. The minimum absolute atomic E-state index is 0.00537. The van der Waals surface area contributed by atoms with Gasteiger partial charge in [0.25, 0.3) is 5.91 Å². The van der Waals surface area contributed by atoms with Crippen molar-refractivity contribution in [3.63, 3.8) is 0 Å². The monoisotopic (exact) mass is 373 g/mol. The zero-order valence-electron chi connectivity index (χ0n) is 15.4. The molecular weight excluding hydrogens is 350 g/mol. The van der Waals surface area contributed by atoms with Gasteiger partial charge in [-0.25, -0.2) is 4.79 Å². The summed E-state index contributed by atoms with van der Waals surface area (Å²) in [6.07, 6.45) is 2.86. The van der Waals surface area contributed by atoms with Gasteiger partial charge in [-0.05, 0) is 37.1 Å². The molecule has 1 saturated heterocycles. The van der Waals surface area contributed by atoms with Crippen molar-refractivity contribution in [3.05, 3.63) is 42.4 Å². The molecule has 0 aliphatic carbocycles. The molecule has 1 aromatic heterocycles. The van der Waals surface area contributed by atoms with E-state index in [4.69, 9.17) is 13.9 Å². The van der Waals surface area contributed by atoms with Gasteiger partial charge in [0.05, 0.1) is 20.5 Å². The third-order valence-electron chi connectivity index (χ3n) is 4.49. The Morgan fingerprint density at radius 2 is 1.85 bits per heavy atom. The number of benzene rings is 1. The summed E-state index contributed by atoms with van der Waals surface area (Å²) in [7, 11) is 3.10. The normalized spacial score (nSPS) is 14.5. The summed E-state index contributed by atoms with van der Waals surface area (Å²) < 4.78 is 15.6. The van der Waals surface area contributed by atoms with E-state index >= 15 is 0 Å². The van der Waals surface area contributed by atoms with E-state index in [0.717, 1.165) is 0 Å². The first-order chi connectivity index (χ1) is 13.1. The maximum atomic E-state index is 12.3. The standard InChI is InChI=1S/C19H23N3O5/c1-25-15-6-5-14(12-17(15)26-2)21-19(24)20-13-7-9-22(10-8-13)18(23)16-4-3-11-27-16/h3-6,11-13H,7-10H2,1-2H3,(H2,20,21,24). The van der Waals surface area contributed by atoms with Gasteiger partial charge in [0.1, 0.15) is 0 Å². The highest BCUT2D eigenvalue weighted by Gasteiger charge is 2.25. The first kappa shape index (κ1) is 18.6. The number of piperidine rings is 1. The van der Waals surface area contributed by atoms with E-state index in [1.165, 1.54) is 6.26 Å². The fourth-order valence-corrected chi connectivity index (χ4v) is 3.05. The zero-order chi connectivity index (χ0) is 19.2. The van der Waals surface area contributed by atoms with Gasteiger partial charge in [0, 0.05) is 30.9 Å². The van der Waals surface area contributed by atoms with Crippen LogP contribution < -0.4 is 20.1 Å². The summed E-state index contributed by atoms with van der Waals surface area (Å²) in [6, 6.07) is 8.23. The number of hydrogen-bond donors (Lipinski definition) is 2. The van der Waals surface area contributed by atoms with Crippen LogP contribution in [0.25, 0.3) is 0 Å². The molecule has 0 atom stereocenters. The Morgan fingerprint density at radius 1 is 1.11 bits per heavy atom. The number of nitrogens with zero attached hydrogens (tertiary/aromatic N) is 1. The molecule has 2 N–H and O–H groups in total. The number of nitrogens with one attached hydrogen (secondary N) is 2. The third kappa shape index (κ3) is 4.52. The molecule has 3 amide bonds. The second kappa shape index (κ2) is 8.48. The van der Waals surface area contributed by atoms with Gasteiger partial charge in [-0.15, -0.1) is 0 Å². The number of ether oxygens (including phenoxy) is 2. The number of carbonyl (C=O) groups is 2. The quantitative estimate of drug-likeness (QED) is 0.841. The van der Waals surface area contributed by atoms with Crippen LogP contribution in [0.4, 0.5) is 10.5 Å². The summed E-state index contributed by atoms with van der Waals surface area (Å²) in [6.45, 7) is 1.14. The fraction of sp³-hybridized carbons (Fsp3) is 0.368. The molecule has 0 unspecified atom stereocenters. The molecule has 1 aliphatic rings. The predicted octanol–water partition coefficient (Wildman–Crippen LogP) is 2.72. The van der Waals surface area contributed by atoms with Crippen LogP contribution >= 0.6 is 0 Å². The molecule has 27 heavy (non-hydrogen) atoms. The number of rotatable bonds is 5. The molecule has 2 heterocycles. The van der Waals surface area contributed by atoms with Gasteiger partial charge in [-0.3, -0.25) is 4.79 Å². The Labute approximate surface area is 157 Å². The Balaban J connectivity index is 1.49. The minimum atomic E-state index is -0.293. The molecule has 2 aromatic rings. The van der Waals surface area contributed by atoms with Crippen molar-refractivity contribution < 1.29 is 23.5 Å². The van der Waals surface area contributed by atoms with Crippen molar-refractivity contribution in [1.29, 1.82) is 0 Å². The smallest absolute Gasteiger partial charge is 0.319 e. The second-order valence-electron chi connectivity index (χ2n) is 6.21. The van der Waals surface area contributed by atoms with Crippen LogP contribution in [0, 0.1) is 0 Å². The molecule has 0 radical (unpaired) electrons. The van der Waals surface area contributed by atoms with E-state index in [2.05, 4.69) is 10.6 Å². The van der Waals surface area contributed by atoms with Crippen molar-refractivity contribution in [1.82, 2.24) is 10.2 Å². The highest BCUT2D eigenvalue weighted by Crippen LogP contribution is 2.29. The minimum Gasteiger partial charge on any atom is -0.493 e. The maximum absolute atomic E-state index is 12.3. The zero-order valence-corrected chi connectivity index (χ0v) is 15.4. The van der Waals surface area contributed by atoms with Crippen LogP contribution in [0.3, 0.4) is 0 Å². The van der Waals surface area contributed by atoms with Gasteiger partial charge in [-0.2, -0.15) is 0 Å². The van der Waals surface area contributed by atoms with Crippen molar-refractivity contribution in [2.45, 2.75) is 18.9 Å². The number of carbonyl (C=O) groups excluding carboxylic acids is 2. The van der Waals surface area contributed by atoms with Crippen molar-refractivity contribution >= 4 is 17.6 Å². The van der Waals surface area contributed by atoms with Crippen LogP contribution in [-0.2, 0) is 0 Å². The summed E-state index contributed by atoms with van der Waals surface area (Å²) >= 11 is 0. The maximum Gasteiger partial charge on any atom is 0.319 e. The summed E-state index contributed by atoms with van der Waals surface area (Å²) in [5.41, 5.74) is 0.607. The van der Waals surface area contributed by atoms with Gasteiger partial charge in [-0.1, -0.05) is 0 Å². The van der Waals surface area contributed by atoms with Crippen LogP contribution in [0.15, 0.2) is 41.0 Å². The number of furan rings is 1. The number of amides is 3. The third-order valence-corrected chi connectivity index (χ3v) is 4.49. The van der Waals surface area contributed by atoms with E-state index in [9.17, 15) is 9.59 Å². The first-order valence-corrected chi connectivity index (χ1v) is 8.73. The molecular formula is C19H23N3O5. The van der Waals surface area contributed by atoms with E-state index < -0.39 is 0 Å². The molecule has 8 heteroatoms. The summed E-state index contributed by atoms with van der Waals surface area (Å²) in [4.78, 5) is 26.2. The number of likely N-dealkylation sites (tertiary alicyclic amines) is 1. The lowest BCUT2D eigenvalue weighted by Gasteiger charge is -2.31. The Morgan fingerprint density at radius 3 is 2.48 bits per heavy atom. The van der Waals surface area contributed by atoms with Crippen LogP contribution in [-0.4, -0.2) is 50.2 Å². The molecule has 1 fully saturated rings. The highest BCUT2D eigenvalue weighted by atomic mass is 16.5. The molecule has 0 bridgehead atoms. The van der Waals surface area contributed by atoms with E-state index in [-0.39, 0.29) is 18.0 Å². The lowest BCUT2D eigenvalue weighted by atomic mass is 10.0. The molecule has 0 saturated carbocycles. The average Bonchev–Trinajstić information content (AvgIpc) is 3.22. The van der Waals surface area contributed by atoms with E-state index in [1.807, 2.05) is 0 Å². The van der Waals surface area contributed by atoms with Crippen LogP contribution in [0.2, 0.25) is 0 Å². The molecule has 144 valence electrons. The number of hydrogen-bond acceptors (Lipinski definition) is 5. The molecule has 0 spiro atoms. The van der Waals surface area contributed by atoms with Crippen molar-refractivity contribution in [2.75, 3.05) is 32.6 Å². The molecule has 8 nitrogen and oxygen atoms in total. The largest absolute Gasteiger partial charge is 0.493 e. The first-order valence-electron chi connectivity index (χ1n) is 8.73. The number of methoxy groups -OCH3 is 2. The van der Waals surface area contributed by atoms with Gasteiger partial charge in [0.15, 0.2) is 17.3 Å².